The van der Waals surface area contributed by atoms with Crippen molar-refractivity contribution >= 4 is 11.4 Å². The lowest BCUT2D eigenvalue weighted by atomic mass is 10.0. The maximum atomic E-state index is 13.7. The highest BCUT2D eigenvalue weighted by atomic mass is 19.4. The summed E-state index contributed by atoms with van der Waals surface area (Å²) < 4.78 is 47.4. The molecular weight excluding hydrogens is 413 g/mol. The molecule has 11 heteroatoms. The zero-order valence-corrected chi connectivity index (χ0v) is 16.1. The highest BCUT2D eigenvalue weighted by molar-refractivity contribution is 5.81. The minimum Gasteiger partial charge on any atom is -0.482 e. The van der Waals surface area contributed by atoms with Crippen LogP contribution in [0, 0.1) is 11.3 Å². The Morgan fingerprint density at radius 3 is 2.77 bits per heavy atom. The monoisotopic (exact) mass is 429 g/mol. The van der Waals surface area contributed by atoms with Crippen molar-refractivity contribution in [1.82, 2.24) is 10.5 Å². The molecule has 158 valence electrons. The Labute approximate surface area is 174 Å². The molecule has 3 heterocycles. The molecule has 0 saturated heterocycles. The smallest absolute Gasteiger partial charge is 0.419 e. The number of nitrogens with zero attached hydrogens (tertiary/aromatic N) is 4. The standard InChI is InChI=1S/C20H16F3N6O2/c1-28-17-9-15(25-16(10-24)19(17)26-27-28)12-5-6-18(14(8-12)20(21,22)23)31-11-13-4-2-3-7-29(13)30/h2-9,26-27,30H,11H2,1H3/q+1. The highest BCUT2D eigenvalue weighted by Gasteiger charge is 2.35. The van der Waals surface area contributed by atoms with Crippen LogP contribution in [-0.2, 0) is 12.8 Å². The Morgan fingerprint density at radius 1 is 1.26 bits per heavy atom. The number of nitriles is 1. The fourth-order valence-corrected chi connectivity index (χ4v) is 3.12. The van der Waals surface area contributed by atoms with E-state index in [1.54, 1.807) is 30.3 Å². The Balaban J connectivity index is 1.72. The van der Waals surface area contributed by atoms with Gasteiger partial charge in [0.25, 0.3) is 5.69 Å². The van der Waals surface area contributed by atoms with Crippen molar-refractivity contribution in [2.24, 2.45) is 0 Å². The second-order valence-electron chi connectivity index (χ2n) is 6.69. The molecule has 4 rings (SSSR count). The summed E-state index contributed by atoms with van der Waals surface area (Å²) in [6.07, 6.45) is -3.34. The van der Waals surface area contributed by atoms with Crippen molar-refractivity contribution in [3.63, 3.8) is 0 Å². The van der Waals surface area contributed by atoms with E-state index in [-0.39, 0.29) is 35.0 Å². The van der Waals surface area contributed by atoms with Crippen LogP contribution in [-0.4, -0.2) is 17.2 Å². The van der Waals surface area contributed by atoms with Gasteiger partial charge in [-0.15, -0.1) is 5.53 Å². The molecule has 0 radical (unpaired) electrons. The minimum atomic E-state index is -4.69. The highest BCUT2D eigenvalue weighted by Crippen LogP contribution is 2.40. The van der Waals surface area contributed by atoms with Crippen LogP contribution in [0.4, 0.5) is 24.5 Å². The van der Waals surface area contributed by atoms with E-state index in [4.69, 9.17) is 4.74 Å². The van der Waals surface area contributed by atoms with Crippen LogP contribution in [0.1, 0.15) is 17.0 Å². The fourth-order valence-electron chi connectivity index (χ4n) is 3.12. The third-order valence-corrected chi connectivity index (χ3v) is 4.69. The number of rotatable bonds is 4. The van der Waals surface area contributed by atoms with Crippen LogP contribution >= 0.6 is 0 Å². The number of aromatic nitrogens is 2. The van der Waals surface area contributed by atoms with Gasteiger partial charge in [0, 0.05) is 29.5 Å². The number of pyridine rings is 2. The summed E-state index contributed by atoms with van der Waals surface area (Å²) in [6, 6.07) is 11.8. The van der Waals surface area contributed by atoms with E-state index in [0.717, 1.165) is 10.8 Å². The van der Waals surface area contributed by atoms with Gasteiger partial charge in [-0.05, 0) is 30.3 Å². The Kier molecular flexibility index (Phi) is 5.00. The maximum Gasteiger partial charge on any atom is 0.419 e. The van der Waals surface area contributed by atoms with E-state index in [2.05, 4.69) is 15.9 Å². The summed E-state index contributed by atoms with van der Waals surface area (Å²) in [5, 5.41) is 20.7. The van der Waals surface area contributed by atoms with E-state index in [1.807, 2.05) is 6.07 Å². The lowest BCUT2D eigenvalue weighted by molar-refractivity contribution is -0.910. The van der Waals surface area contributed by atoms with Gasteiger partial charge in [0.15, 0.2) is 12.3 Å². The molecule has 0 fully saturated rings. The lowest BCUT2D eigenvalue weighted by Gasteiger charge is -2.15. The summed E-state index contributed by atoms with van der Waals surface area (Å²) in [7, 11) is 1.69. The van der Waals surface area contributed by atoms with Gasteiger partial charge in [-0.2, -0.15) is 18.4 Å². The van der Waals surface area contributed by atoms with Crippen LogP contribution in [0.3, 0.4) is 0 Å². The Hall–Kier alpha value is -4.04. The molecule has 3 N–H and O–H groups in total. The number of anilines is 2. The van der Waals surface area contributed by atoms with Gasteiger partial charge in [0.05, 0.1) is 16.9 Å². The number of hydrazine groups is 2. The van der Waals surface area contributed by atoms with Gasteiger partial charge in [0.1, 0.15) is 17.5 Å². The van der Waals surface area contributed by atoms with Crippen LogP contribution in [0.15, 0.2) is 48.7 Å². The number of hydrogen-bond acceptors (Lipinski definition) is 7. The van der Waals surface area contributed by atoms with E-state index >= 15 is 0 Å². The largest absolute Gasteiger partial charge is 0.482 e. The maximum absolute atomic E-state index is 13.7. The first kappa shape index (κ1) is 20.2. The summed E-state index contributed by atoms with van der Waals surface area (Å²) >= 11 is 0. The number of halogens is 3. The Morgan fingerprint density at radius 2 is 2.06 bits per heavy atom. The second kappa shape index (κ2) is 7.66. The van der Waals surface area contributed by atoms with Gasteiger partial charge in [-0.1, -0.05) is 0 Å². The quantitative estimate of drug-likeness (QED) is 0.433. The lowest BCUT2D eigenvalue weighted by Crippen LogP contribution is -2.35. The number of ether oxygens (including phenoxy) is 1. The van der Waals surface area contributed by atoms with Gasteiger partial charge in [-0.25, -0.2) is 4.98 Å². The molecule has 1 aromatic carbocycles. The Bertz CT molecular complexity index is 1190. The summed E-state index contributed by atoms with van der Waals surface area (Å²) in [5.41, 5.74) is 6.34. The molecule has 8 nitrogen and oxygen atoms in total. The first-order chi connectivity index (χ1) is 14.8. The van der Waals surface area contributed by atoms with Crippen LogP contribution < -0.4 is 25.4 Å². The summed E-state index contributed by atoms with van der Waals surface area (Å²) in [5.74, 6) is -0.387. The molecule has 0 bridgehead atoms. The molecule has 0 amide bonds. The van der Waals surface area contributed by atoms with Crippen LogP contribution in [0.25, 0.3) is 11.3 Å². The molecule has 0 spiro atoms. The van der Waals surface area contributed by atoms with Crippen molar-refractivity contribution in [1.29, 1.82) is 5.26 Å². The number of nitrogens with one attached hydrogen (secondary N) is 2. The van der Waals surface area contributed by atoms with Gasteiger partial charge >= 0.3 is 6.18 Å². The molecule has 31 heavy (non-hydrogen) atoms. The molecule has 3 aromatic rings. The topological polar surface area (TPSA) is 97.3 Å². The van der Waals surface area contributed by atoms with Crippen molar-refractivity contribution in [3.05, 3.63) is 65.6 Å². The molecule has 1 aliphatic rings. The van der Waals surface area contributed by atoms with Crippen molar-refractivity contribution in [2.45, 2.75) is 12.8 Å². The number of alkyl halides is 3. The van der Waals surface area contributed by atoms with Gasteiger partial charge in [-0.3, -0.25) is 15.6 Å². The van der Waals surface area contributed by atoms with Crippen molar-refractivity contribution in [3.8, 4) is 23.1 Å². The molecule has 0 aliphatic carbocycles. The van der Waals surface area contributed by atoms with Crippen molar-refractivity contribution in [2.75, 3.05) is 17.5 Å². The summed E-state index contributed by atoms with van der Waals surface area (Å²) in [6.45, 7) is -0.266. The third-order valence-electron chi connectivity index (χ3n) is 4.69. The fraction of sp³-hybridized carbons (Fsp3) is 0.150. The van der Waals surface area contributed by atoms with Gasteiger partial charge in [0.2, 0.25) is 6.20 Å². The zero-order chi connectivity index (χ0) is 22.2. The van der Waals surface area contributed by atoms with E-state index < -0.39 is 11.7 Å². The number of benzene rings is 1. The molecular formula is C20H16F3N6O2+. The summed E-state index contributed by atoms with van der Waals surface area (Å²) in [4.78, 5) is 4.19. The molecule has 0 unspecified atom stereocenters. The average Bonchev–Trinajstić information content (AvgIpc) is 3.12. The number of hydrogen-bond donors (Lipinski definition) is 3. The first-order valence-corrected chi connectivity index (χ1v) is 9.01. The SMILES string of the molecule is CN1NNc2c1cc(-c1ccc(OCc3cccc[n+]3O)c(C(F)(F)F)c1)nc2C#N. The predicted octanol–water partition coefficient (Wildman–Crippen LogP) is 3.02. The molecule has 0 saturated carbocycles. The molecule has 0 atom stereocenters. The average molecular weight is 429 g/mol. The second-order valence-corrected chi connectivity index (χ2v) is 6.69. The van der Waals surface area contributed by atoms with Crippen LogP contribution in [0.2, 0.25) is 0 Å². The zero-order valence-electron chi connectivity index (χ0n) is 16.1. The van der Waals surface area contributed by atoms with Crippen LogP contribution in [0.5, 0.6) is 5.75 Å². The van der Waals surface area contributed by atoms with Crippen molar-refractivity contribution < 1.29 is 27.8 Å². The molecule has 1 aliphatic heterocycles. The first-order valence-electron chi connectivity index (χ1n) is 9.01. The van der Waals surface area contributed by atoms with E-state index in [0.29, 0.717) is 11.4 Å². The molecule has 2 aromatic heterocycles. The van der Waals surface area contributed by atoms with Gasteiger partial charge < -0.3 is 4.74 Å². The number of fused-ring (bicyclic) bond motifs is 1. The van der Waals surface area contributed by atoms with E-state index in [1.165, 1.54) is 24.4 Å². The predicted molar refractivity (Wildman–Crippen MR) is 103 cm³/mol. The van der Waals surface area contributed by atoms with E-state index in [9.17, 15) is 23.6 Å². The third kappa shape index (κ3) is 3.88. The minimum absolute atomic E-state index is 0.0508. The normalized spacial score (nSPS) is 12.8.